The van der Waals surface area contributed by atoms with Gasteiger partial charge in [0.2, 0.25) is 0 Å². The van der Waals surface area contributed by atoms with E-state index in [1.165, 1.54) is 6.26 Å². The highest BCUT2D eigenvalue weighted by Gasteiger charge is 2.19. The number of nitrogens with zero attached hydrogens (tertiary/aromatic N) is 3. The van der Waals surface area contributed by atoms with Gasteiger partial charge in [-0.2, -0.15) is 4.98 Å². The van der Waals surface area contributed by atoms with Crippen molar-refractivity contribution in [3.63, 3.8) is 0 Å². The normalized spacial score (nSPS) is 12.8. The van der Waals surface area contributed by atoms with E-state index in [2.05, 4.69) is 10.1 Å². The third-order valence-electron chi connectivity index (χ3n) is 3.10. The van der Waals surface area contributed by atoms with E-state index < -0.39 is 5.97 Å². The van der Waals surface area contributed by atoms with Gasteiger partial charge in [-0.1, -0.05) is 12.1 Å². The molecule has 0 aliphatic heterocycles. The van der Waals surface area contributed by atoms with Crippen molar-refractivity contribution < 1.29 is 18.8 Å². The highest BCUT2D eigenvalue weighted by Crippen LogP contribution is 2.18. The van der Waals surface area contributed by atoms with Crippen LogP contribution in [0.3, 0.4) is 0 Å². The van der Waals surface area contributed by atoms with Gasteiger partial charge in [0.15, 0.2) is 11.6 Å². The Morgan fingerprint density at radius 1 is 1.55 bits per heavy atom. The summed E-state index contributed by atoms with van der Waals surface area (Å²) in [4.78, 5) is 16.9. The van der Waals surface area contributed by atoms with E-state index in [4.69, 9.17) is 14.0 Å². The molecule has 0 aliphatic rings. The number of carboxylic acids is 1. The Bertz CT molecular complexity index is 550. The number of aliphatic carboxylic acids is 1. The summed E-state index contributed by atoms with van der Waals surface area (Å²) >= 11 is 0. The molecule has 2 aromatic rings. The van der Waals surface area contributed by atoms with Crippen molar-refractivity contribution in [3.05, 3.63) is 24.2 Å². The number of aromatic nitrogens is 2. The number of furan rings is 1. The van der Waals surface area contributed by atoms with E-state index in [1.807, 2.05) is 13.8 Å². The molecule has 0 radical (unpaired) electrons. The standard InChI is InChI=1S/C13H17N3O4/c1-3-9(2)16(8-12(17)18)7-11-14-13(20-15-11)10-5-4-6-19-10/h4-6,9H,3,7-8H2,1-2H3,(H,17,18). The van der Waals surface area contributed by atoms with Crippen molar-refractivity contribution in [2.45, 2.75) is 32.9 Å². The SMILES string of the molecule is CCC(C)N(CC(=O)O)Cc1noc(-c2ccco2)n1. The minimum absolute atomic E-state index is 0.0559. The van der Waals surface area contributed by atoms with E-state index >= 15 is 0 Å². The summed E-state index contributed by atoms with van der Waals surface area (Å²) in [5.41, 5.74) is 0. The Morgan fingerprint density at radius 2 is 2.35 bits per heavy atom. The molecule has 2 aromatic heterocycles. The lowest BCUT2D eigenvalue weighted by Crippen LogP contribution is -2.36. The number of hydrogen-bond acceptors (Lipinski definition) is 6. The number of hydrogen-bond donors (Lipinski definition) is 1. The summed E-state index contributed by atoms with van der Waals surface area (Å²) in [6, 6.07) is 3.58. The minimum atomic E-state index is -0.875. The van der Waals surface area contributed by atoms with Gasteiger partial charge in [-0.15, -0.1) is 0 Å². The zero-order chi connectivity index (χ0) is 14.5. The van der Waals surface area contributed by atoms with E-state index in [-0.39, 0.29) is 12.6 Å². The Labute approximate surface area is 116 Å². The lowest BCUT2D eigenvalue weighted by Gasteiger charge is -2.24. The maximum atomic E-state index is 10.9. The molecule has 7 heteroatoms. The van der Waals surface area contributed by atoms with Crippen LogP contribution in [0.4, 0.5) is 0 Å². The predicted molar refractivity (Wildman–Crippen MR) is 69.8 cm³/mol. The topological polar surface area (TPSA) is 92.6 Å². The van der Waals surface area contributed by atoms with Crippen molar-refractivity contribution in [3.8, 4) is 11.7 Å². The highest BCUT2D eigenvalue weighted by atomic mass is 16.5. The Balaban J connectivity index is 2.08. The Hall–Kier alpha value is -2.15. The zero-order valence-corrected chi connectivity index (χ0v) is 11.4. The van der Waals surface area contributed by atoms with Crippen molar-refractivity contribution in [1.29, 1.82) is 0 Å². The molecule has 1 unspecified atom stereocenters. The molecule has 0 saturated carbocycles. The molecule has 20 heavy (non-hydrogen) atoms. The molecule has 2 heterocycles. The highest BCUT2D eigenvalue weighted by molar-refractivity contribution is 5.69. The maximum absolute atomic E-state index is 10.9. The molecular formula is C13H17N3O4. The van der Waals surface area contributed by atoms with Crippen molar-refractivity contribution >= 4 is 5.97 Å². The first-order valence-electron chi connectivity index (χ1n) is 6.42. The minimum Gasteiger partial charge on any atom is -0.480 e. The quantitative estimate of drug-likeness (QED) is 0.828. The fourth-order valence-electron chi connectivity index (χ4n) is 1.80. The molecule has 7 nitrogen and oxygen atoms in total. The van der Waals surface area contributed by atoms with E-state index in [9.17, 15) is 4.79 Å². The Morgan fingerprint density at radius 3 is 2.95 bits per heavy atom. The van der Waals surface area contributed by atoms with Crippen LogP contribution in [0.25, 0.3) is 11.7 Å². The Kier molecular flexibility index (Phi) is 4.52. The number of carboxylic acid groups (broad SMARTS) is 1. The molecule has 0 aliphatic carbocycles. The van der Waals surface area contributed by atoms with Crippen LogP contribution in [0.1, 0.15) is 26.1 Å². The fourth-order valence-corrected chi connectivity index (χ4v) is 1.80. The third-order valence-corrected chi connectivity index (χ3v) is 3.10. The molecule has 1 N–H and O–H groups in total. The molecule has 0 aromatic carbocycles. The first-order chi connectivity index (χ1) is 9.60. The lowest BCUT2D eigenvalue weighted by molar-refractivity contribution is -0.139. The lowest BCUT2D eigenvalue weighted by atomic mass is 10.2. The summed E-state index contributed by atoms with van der Waals surface area (Å²) < 4.78 is 10.3. The summed E-state index contributed by atoms with van der Waals surface area (Å²) in [5.74, 6) is 0.361. The molecule has 0 spiro atoms. The number of rotatable bonds is 7. The average molecular weight is 279 g/mol. The second-order valence-electron chi connectivity index (χ2n) is 4.55. The van der Waals surface area contributed by atoms with Crippen LogP contribution in [0, 0.1) is 0 Å². The van der Waals surface area contributed by atoms with Gasteiger partial charge >= 0.3 is 5.97 Å². The van der Waals surface area contributed by atoms with E-state index in [0.29, 0.717) is 24.0 Å². The van der Waals surface area contributed by atoms with E-state index in [0.717, 1.165) is 6.42 Å². The molecule has 0 fully saturated rings. The monoisotopic (exact) mass is 279 g/mol. The van der Waals surface area contributed by atoms with Gasteiger partial charge in [0, 0.05) is 6.04 Å². The van der Waals surface area contributed by atoms with Crippen LogP contribution in [-0.4, -0.2) is 38.7 Å². The van der Waals surface area contributed by atoms with Crippen LogP contribution in [0.5, 0.6) is 0 Å². The maximum Gasteiger partial charge on any atom is 0.317 e. The molecular weight excluding hydrogens is 262 g/mol. The van der Waals surface area contributed by atoms with Crippen molar-refractivity contribution in [2.75, 3.05) is 6.54 Å². The zero-order valence-electron chi connectivity index (χ0n) is 11.4. The van der Waals surface area contributed by atoms with Gasteiger partial charge < -0.3 is 14.0 Å². The van der Waals surface area contributed by atoms with E-state index in [1.54, 1.807) is 17.0 Å². The predicted octanol–water partition coefficient (Wildman–Crippen LogP) is 2.01. The first kappa shape index (κ1) is 14.3. The van der Waals surface area contributed by atoms with Crippen LogP contribution in [0.15, 0.2) is 27.3 Å². The van der Waals surface area contributed by atoms with Crippen molar-refractivity contribution in [2.24, 2.45) is 0 Å². The summed E-state index contributed by atoms with van der Waals surface area (Å²) in [5, 5.41) is 12.8. The largest absolute Gasteiger partial charge is 0.480 e. The molecule has 0 amide bonds. The van der Waals surface area contributed by atoms with Gasteiger partial charge in [0.1, 0.15) is 0 Å². The fraction of sp³-hybridized carbons (Fsp3) is 0.462. The smallest absolute Gasteiger partial charge is 0.317 e. The molecule has 0 bridgehead atoms. The van der Waals surface area contributed by atoms with Crippen LogP contribution >= 0.6 is 0 Å². The molecule has 0 saturated heterocycles. The first-order valence-corrected chi connectivity index (χ1v) is 6.42. The van der Waals surface area contributed by atoms with Crippen LogP contribution in [0.2, 0.25) is 0 Å². The summed E-state index contributed by atoms with van der Waals surface area (Å²) in [6.07, 6.45) is 2.37. The molecule has 1 atom stereocenters. The summed E-state index contributed by atoms with van der Waals surface area (Å²) in [6.45, 7) is 4.24. The van der Waals surface area contributed by atoms with Crippen LogP contribution in [-0.2, 0) is 11.3 Å². The second kappa shape index (κ2) is 6.33. The second-order valence-corrected chi connectivity index (χ2v) is 4.55. The third kappa shape index (κ3) is 3.45. The van der Waals surface area contributed by atoms with Crippen LogP contribution < -0.4 is 0 Å². The number of carbonyl (C=O) groups is 1. The van der Waals surface area contributed by atoms with Gasteiger partial charge in [0.25, 0.3) is 5.89 Å². The molecule has 108 valence electrons. The summed E-state index contributed by atoms with van der Waals surface area (Å²) in [7, 11) is 0. The van der Waals surface area contributed by atoms with Gasteiger partial charge in [-0.25, -0.2) is 0 Å². The molecule has 2 rings (SSSR count). The van der Waals surface area contributed by atoms with Gasteiger partial charge in [-0.05, 0) is 25.5 Å². The van der Waals surface area contributed by atoms with Gasteiger partial charge in [-0.3, -0.25) is 9.69 Å². The average Bonchev–Trinajstić information content (AvgIpc) is 3.06. The van der Waals surface area contributed by atoms with Gasteiger partial charge in [0.05, 0.1) is 19.4 Å². The van der Waals surface area contributed by atoms with Crippen molar-refractivity contribution in [1.82, 2.24) is 15.0 Å².